The molecule has 1 saturated heterocycles. The number of hydrogen-bond donors (Lipinski definition) is 3. The number of alkyl halides is 3. The number of imidazole rings is 1. The summed E-state index contributed by atoms with van der Waals surface area (Å²) in [5.41, 5.74) is 4.66. The molecule has 2 amide bonds. The summed E-state index contributed by atoms with van der Waals surface area (Å²) in [6.45, 7) is 0.530. The normalized spacial score (nSPS) is 14.5. The Morgan fingerprint density at radius 3 is 2.59 bits per heavy atom. The van der Waals surface area contributed by atoms with Gasteiger partial charge in [-0.2, -0.15) is 13.2 Å². The Balaban J connectivity index is 1.33. The van der Waals surface area contributed by atoms with Gasteiger partial charge in [0.25, 0.3) is 0 Å². The Labute approximate surface area is 211 Å². The topological polar surface area (TPSA) is 79.7 Å². The molecule has 37 heavy (non-hydrogen) atoms. The maximum absolute atomic E-state index is 12.3. The largest absolute Gasteiger partial charge is 0.490 e. The van der Waals surface area contributed by atoms with Gasteiger partial charge in [0.05, 0.1) is 11.9 Å². The summed E-state index contributed by atoms with van der Waals surface area (Å²) >= 11 is 0. The third kappa shape index (κ3) is 6.21. The second-order valence-electron chi connectivity index (χ2n) is 8.89. The van der Waals surface area contributed by atoms with Crippen LogP contribution in [0.4, 0.5) is 23.7 Å². The van der Waals surface area contributed by atoms with Gasteiger partial charge in [-0.3, -0.25) is 4.40 Å². The van der Waals surface area contributed by atoms with Crippen molar-refractivity contribution in [3.05, 3.63) is 73.1 Å². The molecule has 0 atom stereocenters. The number of rotatable bonds is 6. The fraction of sp³-hybridized carbons (Fsp3) is 0.259. The van der Waals surface area contributed by atoms with Crippen molar-refractivity contribution < 1.29 is 22.7 Å². The molecule has 1 aliphatic heterocycles. The molecule has 10 heteroatoms. The van der Waals surface area contributed by atoms with E-state index in [1.54, 1.807) is 29.7 Å². The lowest BCUT2D eigenvalue weighted by atomic mass is 10.1. The van der Waals surface area contributed by atoms with E-state index in [9.17, 15) is 18.0 Å². The third-order valence-electron chi connectivity index (χ3n) is 6.14. The molecule has 192 valence electrons. The van der Waals surface area contributed by atoms with Gasteiger partial charge in [0.2, 0.25) is 0 Å². The number of nitrogens with zero attached hydrogens (tertiary/aromatic N) is 2. The predicted octanol–water partition coefficient (Wildman–Crippen LogP) is 5.48. The van der Waals surface area contributed by atoms with Crippen molar-refractivity contribution in [2.45, 2.75) is 25.1 Å². The van der Waals surface area contributed by atoms with Crippen LogP contribution in [0.5, 0.6) is 5.75 Å². The van der Waals surface area contributed by atoms with Crippen molar-refractivity contribution in [3.63, 3.8) is 0 Å². The Morgan fingerprint density at radius 2 is 1.78 bits per heavy atom. The van der Waals surface area contributed by atoms with Crippen LogP contribution in [-0.4, -0.2) is 47.3 Å². The summed E-state index contributed by atoms with van der Waals surface area (Å²) in [4.78, 5) is 16.4. The summed E-state index contributed by atoms with van der Waals surface area (Å²) in [7, 11) is 0. The number of aromatic nitrogens is 2. The lowest BCUT2D eigenvalue weighted by molar-refractivity contribution is -0.122. The number of amides is 2. The van der Waals surface area contributed by atoms with Crippen molar-refractivity contribution in [1.82, 2.24) is 20.0 Å². The van der Waals surface area contributed by atoms with Crippen LogP contribution in [0.1, 0.15) is 12.8 Å². The number of ether oxygens (including phenoxy) is 1. The first kappa shape index (κ1) is 24.6. The molecule has 0 unspecified atom stereocenters. The molecule has 5 rings (SSSR count). The smallest absolute Gasteiger partial charge is 0.405 e. The highest BCUT2D eigenvalue weighted by Gasteiger charge is 2.27. The number of fused-ring (bicyclic) bond motifs is 1. The average molecular weight is 510 g/mol. The number of nitrogens with one attached hydrogen (secondary N) is 3. The van der Waals surface area contributed by atoms with Gasteiger partial charge in [-0.1, -0.05) is 24.3 Å². The third-order valence-corrected chi connectivity index (χ3v) is 6.14. The van der Waals surface area contributed by atoms with Gasteiger partial charge >= 0.3 is 12.2 Å². The van der Waals surface area contributed by atoms with E-state index >= 15 is 0 Å². The van der Waals surface area contributed by atoms with E-state index in [0.29, 0.717) is 5.69 Å². The van der Waals surface area contributed by atoms with Crippen molar-refractivity contribution in [3.8, 4) is 28.1 Å². The van der Waals surface area contributed by atoms with E-state index in [1.165, 1.54) is 0 Å². The average Bonchev–Trinajstić information content (AvgIpc) is 3.31. The highest BCUT2D eigenvalue weighted by molar-refractivity contribution is 5.90. The molecule has 0 aliphatic carbocycles. The highest BCUT2D eigenvalue weighted by Crippen LogP contribution is 2.29. The number of urea groups is 1. The fourth-order valence-corrected chi connectivity index (χ4v) is 4.34. The number of pyridine rings is 1. The van der Waals surface area contributed by atoms with Crippen LogP contribution in [0.2, 0.25) is 0 Å². The van der Waals surface area contributed by atoms with E-state index in [2.05, 4.69) is 15.6 Å². The second-order valence-corrected chi connectivity index (χ2v) is 8.89. The second kappa shape index (κ2) is 10.5. The van der Waals surface area contributed by atoms with E-state index < -0.39 is 18.8 Å². The number of hydrogen-bond acceptors (Lipinski definition) is 4. The van der Waals surface area contributed by atoms with E-state index in [-0.39, 0.29) is 6.10 Å². The Morgan fingerprint density at radius 1 is 1.03 bits per heavy atom. The minimum Gasteiger partial charge on any atom is -0.490 e. The monoisotopic (exact) mass is 509 g/mol. The summed E-state index contributed by atoms with van der Waals surface area (Å²) in [6, 6.07) is 17.9. The van der Waals surface area contributed by atoms with Gasteiger partial charge in [-0.25, -0.2) is 9.78 Å². The van der Waals surface area contributed by atoms with Gasteiger partial charge in [0.15, 0.2) is 0 Å². The summed E-state index contributed by atoms with van der Waals surface area (Å²) in [6.07, 6.45) is 1.36. The molecular formula is C27H26F3N5O2. The summed E-state index contributed by atoms with van der Waals surface area (Å²) < 4.78 is 45.1. The van der Waals surface area contributed by atoms with Crippen LogP contribution in [-0.2, 0) is 0 Å². The molecule has 1 aliphatic rings. The van der Waals surface area contributed by atoms with Crippen molar-refractivity contribution >= 4 is 17.4 Å². The molecule has 0 radical (unpaired) electrons. The van der Waals surface area contributed by atoms with Gasteiger partial charge in [-0.05, 0) is 73.5 Å². The predicted molar refractivity (Wildman–Crippen MR) is 136 cm³/mol. The van der Waals surface area contributed by atoms with Gasteiger partial charge < -0.3 is 20.7 Å². The first-order chi connectivity index (χ1) is 17.8. The first-order valence-corrected chi connectivity index (χ1v) is 12.0. The summed E-state index contributed by atoms with van der Waals surface area (Å²) in [5, 5.41) is 7.58. The van der Waals surface area contributed by atoms with Gasteiger partial charge in [0, 0.05) is 17.4 Å². The first-order valence-electron chi connectivity index (χ1n) is 12.0. The molecule has 1 fully saturated rings. The lowest BCUT2D eigenvalue weighted by Crippen LogP contribution is -2.36. The SMILES string of the molecule is O=C(NCC(F)(F)F)Nc1cccc(-c2cnc3cc(-c4cccc(OC5CCNCC5)c4)ccn23)c1. The van der Waals surface area contributed by atoms with Crippen molar-refractivity contribution in [1.29, 1.82) is 0 Å². The molecule has 2 aromatic carbocycles. The zero-order valence-electron chi connectivity index (χ0n) is 19.9. The standard InChI is InChI=1S/C27H26F3N5O2/c28-27(29,30)17-33-26(36)34-21-5-1-4-20(13-21)24-16-32-25-15-19(9-12-35(24)25)18-3-2-6-23(14-18)37-22-7-10-31-11-8-22/h1-6,9,12-16,22,31H,7-8,10-11,17H2,(H2,33,34,36). The molecular weight excluding hydrogens is 483 g/mol. The molecule has 2 aromatic heterocycles. The molecule has 0 bridgehead atoms. The zero-order valence-corrected chi connectivity index (χ0v) is 19.9. The van der Waals surface area contributed by atoms with E-state index in [0.717, 1.165) is 59.7 Å². The maximum Gasteiger partial charge on any atom is 0.405 e. The van der Waals surface area contributed by atoms with Crippen LogP contribution >= 0.6 is 0 Å². The van der Waals surface area contributed by atoms with Crippen LogP contribution in [0, 0.1) is 0 Å². The maximum atomic E-state index is 12.3. The number of benzene rings is 2. The summed E-state index contributed by atoms with van der Waals surface area (Å²) in [5.74, 6) is 0.844. The van der Waals surface area contributed by atoms with Gasteiger partial charge in [0.1, 0.15) is 24.0 Å². The van der Waals surface area contributed by atoms with Crippen LogP contribution in [0.3, 0.4) is 0 Å². The minimum absolute atomic E-state index is 0.217. The number of anilines is 1. The Bertz CT molecular complexity index is 1400. The van der Waals surface area contributed by atoms with Crippen molar-refractivity contribution in [2.75, 3.05) is 25.0 Å². The minimum atomic E-state index is -4.48. The molecule has 3 N–H and O–H groups in total. The molecule has 7 nitrogen and oxygen atoms in total. The highest BCUT2D eigenvalue weighted by atomic mass is 19.4. The Hall–Kier alpha value is -4.05. The molecule has 3 heterocycles. The molecule has 4 aromatic rings. The van der Waals surface area contributed by atoms with Crippen molar-refractivity contribution in [2.24, 2.45) is 0 Å². The fourth-order valence-electron chi connectivity index (χ4n) is 4.34. The number of carbonyl (C=O) groups excluding carboxylic acids is 1. The molecule has 0 saturated carbocycles. The van der Waals surface area contributed by atoms with Crippen LogP contribution in [0.15, 0.2) is 73.1 Å². The van der Waals surface area contributed by atoms with Crippen LogP contribution in [0.25, 0.3) is 28.0 Å². The Kier molecular flexibility index (Phi) is 7.00. The van der Waals surface area contributed by atoms with Crippen LogP contribution < -0.4 is 20.7 Å². The zero-order chi connectivity index (χ0) is 25.8. The number of carbonyl (C=O) groups is 1. The molecule has 0 spiro atoms. The van der Waals surface area contributed by atoms with E-state index in [1.807, 2.05) is 53.1 Å². The van der Waals surface area contributed by atoms with E-state index in [4.69, 9.17) is 4.74 Å². The lowest BCUT2D eigenvalue weighted by Gasteiger charge is -2.24. The number of piperidine rings is 1. The quantitative estimate of drug-likeness (QED) is 0.322. The van der Waals surface area contributed by atoms with Gasteiger partial charge in [-0.15, -0.1) is 0 Å². The number of halogens is 3.